The average Bonchev–Trinajstić information content (AvgIpc) is 3.88. The Morgan fingerprint density at radius 2 is 1.80 bits per heavy atom. The quantitative estimate of drug-likeness (QED) is 0.150. The molecule has 0 saturated carbocycles. The minimum Gasteiger partial charge on any atom is -0.496 e. The fraction of sp³-hybridized carbons (Fsp3) is 0.225. The smallest absolute Gasteiger partial charge is 0.317 e. The maximum atomic E-state index is 15.1. The van der Waals surface area contributed by atoms with E-state index < -0.39 is 12.0 Å². The maximum Gasteiger partial charge on any atom is 0.317 e. The molecule has 1 radical (unpaired) electrons. The molecule has 0 spiro atoms. The van der Waals surface area contributed by atoms with Gasteiger partial charge in [0.25, 0.3) is 7.41 Å². The first kappa shape index (κ1) is 34.9. The number of halogens is 1. The fourth-order valence-electron chi connectivity index (χ4n) is 7.63. The van der Waals surface area contributed by atoms with Crippen LogP contribution in [0.2, 0.25) is 5.02 Å². The molecular weight excluding hydrogens is 733 g/mol. The monoisotopic (exact) mass is 766 g/mol. The van der Waals surface area contributed by atoms with Crippen molar-refractivity contribution in [2.75, 3.05) is 7.11 Å². The summed E-state index contributed by atoms with van der Waals surface area (Å²) in [4.78, 5) is 31.2. The number of rotatable bonds is 7. The minimum atomic E-state index is -0.722. The molecule has 55 heavy (non-hydrogen) atoms. The Labute approximate surface area is 325 Å². The van der Waals surface area contributed by atoms with Crippen LogP contribution < -0.4 is 10.4 Å². The molecule has 0 unspecified atom stereocenters. The number of fused-ring (bicyclic) bond motifs is 6. The third-order valence-corrected chi connectivity index (χ3v) is 11.9. The summed E-state index contributed by atoms with van der Waals surface area (Å²) in [5.74, 6) is 1.85. The molecule has 273 valence electrons. The molecule has 9 rings (SSSR count). The number of imidazole rings is 1. The van der Waals surface area contributed by atoms with Crippen LogP contribution in [-0.2, 0) is 0 Å². The number of aryl methyl sites for hydroxylation is 4. The van der Waals surface area contributed by atoms with Gasteiger partial charge in [0, 0.05) is 38.2 Å². The van der Waals surface area contributed by atoms with Crippen molar-refractivity contribution in [1.82, 2.24) is 38.9 Å². The molecule has 15 heteroatoms. The summed E-state index contributed by atoms with van der Waals surface area (Å²) in [6.07, 6.45) is 3.47. The van der Waals surface area contributed by atoms with E-state index in [-0.39, 0.29) is 5.69 Å². The number of thiophene rings is 1. The number of hydrogen-bond acceptors (Lipinski definition) is 10. The first-order valence-electron chi connectivity index (χ1n) is 17.7. The van der Waals surface area contributed by atoms with E-state index in [1.54, 1.807) is 39.9 Å². The lowest BCUT2D eigenvalue weighted by Crippen LogP contribution is -2.32. The molecule has 0 amide bonds. The number of nitrogens with zero attached hydrogens (tertiary/aromatic N) is 9. The lowest BCUT2D eigenvalue weighted by atomic mass is 9.81. The van der Waals surface area contributed by atoms with E-state index in [4.69, 9.17) is 30.8 Å². The molecule has 7 heterocycles. The SMILES string of the molecule is COc1cc2c(cc1-c1c(C)noc1C)ncc1c2n([C@H](C)c2ccccn2)c(=O)n1[B][C@@H]1N=C(c2ccc(Cl)cc2)c2c(sc(C)c2C)-n2c(C)nnc21. The lowest BCUT2D eigenvalue weighted by molar-refractivity contribution is 0.393. The summed E-state index contributed by atoms with van der Waals surface area (Å²) in [5.41, 5.74) is 8.54. The summed E-state index contributed by atoms with van der Waals surface area (Å²) in [5, 5.41) is 15.7. The van der Waals surface area contributed by atoms with E-state index in [9.17, 15) is 0 Å². The molecule has 8 aromatic rings. The standard InChI is InChI=1S/C40H34BClN9O3S/c1-19-23(5)55-39-33(19)35(25-11-13-26(42)14-12-25)45-37(38-47-46-24(6)50(38)39)41-51-31-18-44-30-16-28(34-20(2)48-54-22(34)4)32(53-7)17-27(30)36(31)49(40(51)52)21(3)29-10-8-9-15-43-29/h8-18,21,37H,1-7H3/t21-,37-/m1/s1. The second-order valence-electron chi connectivity index (χ2n) is 13.7. The Bertz CT molecular complexity index is 2890. The summed E-state index contributed by atoms with van der Waals surface area (Å²) < 4.78 is 17.0. The van der Waals surface area contributed by atoms with Crippen molar-refractivity contribution in [3.63, 3.8) is 0 Å². The van der Waals surface area contributed by atoms with Gasteiger partial charge in [-0.3, -0.25) is 24.1 Å². The van der Waals surface area contributed by atoms with Crippen LogP contribution in [0.15, 0.2) is 81.3 Å². The summed E-state index contributed by atoms with van der Waals surface area (Å²) in [7, 11) is 3.45. The topological polar surface area (TPSA) is 131 Å². The Hall–Kier alpha value is -5.86. The van der Waals surface area contributed by atoms with Crippen LogP contribution in [0, 0.1) is 34.6 Å². The van der Waals surface area contributed by atoms with Crippen LogP contribution >= 0.6 is 22.9 Å². The second-order valence-corrected chi connectivity index (χ2v) is 15.3. The molecule has 0 fully saturated rings. The first-order valence-corrected chi connectivity index (χ1v) is 18.9. The number of aliphatic imine (C=N–C) groups is 1. The third kappa shape index (κ3) is 5.45. The first-order chi connectivity index (χ1) is 26.5. The van der Waals surface area contributed by atoms with Gasteiger partial charge in [0.05, 0.1) is 58.6 Å². The van der Waals surface area contributed by atoms with Gasteiger partial charge in [-0.25, -0.2) is 4.79 Å². The van der Waals surface area contributed by atoms with E-state index in [1.165, 1.54) is 4.88 Å². The molecule has 0 bridgehead atoms. The highest BCUT2D eigenvalue weighted by atomic mass is 35.5. The molecular formula is C40H34BClN9O3S. The number of benzene rings is 2. The molecule has 1 aliphatic rings. The summed E-state index contributed by atoms with van der Waals surface area (Å²) in [6.45, 7) is 11.9. The lowest BCUT2D eigenvalue weighted by Gasteiger charge is -2.15. The van der Waals surface area contributed by atoms with Crippen molar-refractivity contribution in [2.45, 2.75) is 53.5 Å². The van der Waals surface area contributed by atoms with Crippen molar-refractivity contribution in [3.05, 3.63) is 133 Å². The molecule has 6 aromatic heterocycles. The number of hydrogen-bond donors (Lipinski definition) is 0. The van der Waals surface area contributed by atoms with Gasteiger partial charge >= 0.3 is 5.69 Å². The van der Waals surface area contributed by atoms with E-state index in [2.05, 4.69) is 38.8 Å². The number of methoxy groups -OCH3 is 1. The van der Waals surface area contributed by atoms with Crippen molar-refractivity contribution in [3.8, 4) is 21.9 Å². The largest absolute Gasteiger partial charge is 0.496 e. The third-order valence-electron chi connectivity index (χ3n) is 10.5. The molecule has 0 aliphatic carbocycles. The van der Waals surface area contributed by atoms with Crippen LogP contribution in [0.5, 0.6) is 5.75 Å². The van der Waals surface area contributed by atoms with Crippen LogP contribution in [0.25, 0.3) is 38.1 Å². The van der Waals surface area contributed by atoms with E-state index in [0.717, 1.165) is 61.1 Å². The van der Waals surface area contributed by atoms with Crippen LogP contribution in [-0.4, -0.2) is 59.2 Å². The van der Waals surface area contributed by atoms with E-state index in [0.29, 0.717) is 38.9 Å². The zero-order valence-electron chi connectivity index (χ0n) is 31.1. The van der Waals surface area contributed by atoms with Gasteiger partial charge in [-0.2, -0.15) is 0 Å². The van der Waals surface area contributed by atoms with Gasteiger partial charge in [0.2, 0.25) is 0 Å². The summed E-state index contributed by atoms with van der Waals surface area (Å²) in [6, 6.07) is 16.8. The summed E-state index contributed by atoms with van der Waals surface area (Å²) >= 11 is 8.02. The zero-order valence-corrected chi connectivity index (χ0v) is 32.7. The molecule has 12 nitrogen and oxygen atoms in total. The Balaban J connectivity index is 1.30. The van der Waals surface area contributed by atoms with Gasteiger partial charge < -0.3 is 13.7 Å². The van der Waals surface area contributed by atoms with Gasteiger partial charge in [-0.05, 0) is 83.5 Å². The Morgan fingerprint density at radius 1 is 1.00 bits per heavy atom. The predicted molar refractivity (Wildman–Crippen MR) is 216 cm³/mol. The van der Waals surface area contributed by atoms with Crippen molar-refractivity contribution in [2.24, 2.45) is 4.99 Å². The predicted octanol–water partition coefficient (Wildman–Crippen LogP) is 7.87. The number of aromatic nitrogens is 8. The van der Waals surface area contributed by atoms with Gasteiger partial charge in [0.15, 0.2) is 5.82 Å². The normalized spacial score (nSPS) is 14.5. The Morgan fingerprint density at radius 3 is 2.51 bits per heavy atom. The highest BCUT2D eigenvalue weighted by Crippen LogP contribution is 2.41. The molecule has 0 saturated heterocycles. The van der Waals surface area contributed by atoms with E-state index in [1.807, 2.05) is 89.7 Å². The number of pyridine rings is 2. The minimum absolute atomic E-state index is 0.284. The highest BCUT2D eigenvalue weighted by Gasteiger charge is 2.34. The molecule has 2 atom stereocenters. The second kappa shape index (κ2) is 13.2. The van der Waals surface area contributed by atoms with Crippen molar-refractivity contribution in [1.29, 1.82) is 0 Å². The van der Waals surface area contributed by atoms with Crippen molar-refractivity contribution >= 4 is 58.0 Å². The van der Waals surface area contributed by atoms with Crippen LogP contribution in [0.4, 0.5) is 0 Å². The van der Waals surface area contributed by atoms with E-state index >= 15 is 4.79 Å². The number of ether oxygens (including phenoxy) is 1. The molecule has 1 aliphatic heterocycles. The van der Waals surface area contributed by atoms with Crippen LogP contribution in [0.1, 0.15) is 69.3 Å². The van der Waals surface area contributed by atoms with Crippen molar-refractivity contribution < 1.29 is 9.26 Å². The van der Waals surface area contributed by atoms with Gasteiger partial charge in [0.1, 0.15) is 28.3 Å². The fourth-order valence-corrected chi connectivity index (χ4v) is 8.97. The molecule has 2 aromatic carbocycles. The van der Waals surface area contributed by atoms with Gasteiger partial charge in [-0.15, -0.1) is 21.5 Å². The maximum absolute atomic E-state index is 15.1. The van der Waals surface area contributed by atoms with Gasteiger partial charge in [-0.1, -0.05) is 35.0 Å². The van der Waals surface area contributed by atoms with Crippen LogP contribution in [0.3, 0.4) is 0 Å². The highest BCUT2D eigenvalue weighted by molar-refractivity contribution is 7.15. The molecule has 0 N–H and O–H groups in total. The Kier molecular flexibility index (Phi) is 8.35. The average molecular weight is 767 g/mol. The zero-order chi connectivity index (χ0) is 38.3.